The van der Waals surface area contributed by atoms with Crippen LogP contribution in [0.25, 0.3) is 0 Å². The number of ether oxygens (including phenoxy) is 1. The first kappa shape index (κ1) is 18.3. The van der Waals surface area contributed by atoms with Crippen LogP contribution in [-0.2, 0) is 10.2 Å². The Balaban J connectivity index is 1.84. The molecule has 1 aliphatic heterocycles. The molecular formula is C19H18F3NO3. The number of benzene rings is 2. The summed E-state index contributed by atoms with van der Waals surface area (Å²) in [5, 5.41) is 12.3. The predicted molar refractivity (Wildman–Crippen MR) is 88.5 cm³/mol. The Bertz CT molecular complexity index is 796. The second-order valence-electron chi connectivity index (χ2n) is 6.37. The fourth-order valence-corrected chi connectivity index (χ4v) is 3.27. The van der Waals surface area contributed by atoms with Gasteiger partial charge in [-0.1, -0.05) is 12.1 Å². The van der Waals surface area contributed by atoms with E-state index in [2.05, 4.69) is 5.32 Å². The van der Waals surface area contributed by atoms with Gasteiger partial charge in [0.05, 0.1) is 0 Å². The lowest BCUT2D eigenvalue weighted by molar-refractivity contribution is 0.0485. The summed E-state index contributed by atoms with van der Waals surface area (Å²) >= 11 is 0. The zero-order valence-electron chi connectivity index (χ0n) is 13.9. The van der Waals surface area contributed by atoms with E-state index in [1.165, 1.54) is 12.1 Å². The summed E-state index contributed by atoms with van der Waals surface area (Å²) < 4.78 is 46.0. The molecule has 2 aromatic rings. The van der Waals surface area contributed by atoms with E-state index < -0.39 is 34.3 Å². The molecule has 0 aliphatic carbocycles. The normalized spacial score (nSPS) is 16.3. The largest absolute Gasteiger partial charge is 0.507 e. The van der Waals surface area contributed by atoms with Gasteiger partial charge in [-0.15, -0.1) is 0 Å². The molecule has 0 bridgehead atoms. The van der Waals surface area contributed by atoms with Crippen molar-refractivity contribution in [2.75, 3.05) is 19.8 Å². The summed E-state index contributed by atoms with van der Waals surface area (Å²) in [7, 11) is 0. The molecule has 2 aromatic carbocycles. The SMILES string of the molecule is O=C(NCC1(c2cccc(F)c2)CCOCC1)c1c(O)cc(F)cc1F. The van der Waals surface area contributed by atoms with Crippen LogP contribution in [0.3, 0.4) is 0 Å². The lowest BCUT2D eigenvalue weighted by atomic mass is 9.74. The summed E-state index contributed by atoms with van der Waals surface area (Å²) in [4.78, 5) is 12.3. The average Bonchev–Trinajstić information content (AvgIpc) is 2.60. The van der Waals surface area contributed by atoms with Gasteiger partial charge in [0.25, 0.3) is 5.91 Å². The smallest absolute Gasteiger partial charge is 0.258 e. The van der Waals surface area contributed by atoms with Crippen LogP contribution in [0.2, 0.25) is 0 Å². The van der Waals surface area contributed by atoms with Crippen LogP contribution in [0.15, 0.2) is 36.4 Å². The van der Waals surface area contributed by atoms with Crippen molar-refractivity contribution in [3.63, 3.8) is 0 Å². The highest BCUT2D eigenvalue weighted by Crippen LogP contribution is 2.35. The van der Waals surface area contributed by atoms with Crippen LogP contribution in [0.1, 0.15) is 28.8 Å². The first-order valence-corrected chi connectivity index (χ1v) is 8.21. The van der Waals surface area contributed by atoms with Gasteiger partial charge in [0.15, 0.2) is 0 Å². The van der Waals surface area contributed by atoms with Crippen LogP contribution >= 0.6 is 0 Å². The summed E-state index contributed by atoms with van der Waals surface area (Å²) in [5.41, 5.74) is -0.472. The third-order valence-corrected chi connectivity index (χ3v) is 4.74. The molecule has 0 atom stereocenters. The van der Waals surface area contributed by atoms with Crippen molar-refractivity contribution < 1.29 is 27.8 Å². The quantitative estimate of drug-likeness (QED) is 0.874. The highest BCUT2D eigenvalue weighted by molar-refractivity contribution is 5.97. The van der Waals surface area contributed by atoms with Crippen molar-refractivity contribution in [3.8, 4) is 5.75 Å². The molecule has 0 saturated carbocycles. The highest BCUT2D eigenvalue weighted by Gasteiger charge is 2.35. The van der Waals surface area contributed by atoms with Gasteiger partial charge in [-0.05, 0) is 30.5 Å². The zero-order valence-corrected chi connectivity index (χ0v) is 13.9. The topological polar surface area (TPSA) is 58.6 Å². The Morgan fingerprint density at radius 1 is 1.12 bits per heavy atom. The first-order valence-electron chi connectivity index (χ1n) is 8.21. The maximum Gasteiger partial charge on any atom is 0.258 e. The lowest BCUT2D eigenvalue weighted by Crippen LogP contribution is -2.44. The molecule has 0 radical (unpaired) electrons. The van der Waals surface area contributed by atoms with Crippen molar-refractivity contribution in [2.45, 2.75) is 18.3 Å². The second-order valence-corrected chi connectivity index (χ2v) is 6.37. The van der Waals surface area contributed by atoms with Crippen LogP contribution in [-0.4, -0.2) is 30.8 Å². The number of amides is 1. The van der Waals surface area contributed by atoms with Gasteiger partial charge in [-0.25, -0.2) is 13.2 Å². The van der Waals surface area contributed by atoms with Crippen LogP contribution in [0.5, 0.6) is 5.75 Å². The van der Waals surface area contributed by atoms with Gasteiger partial charge in [0.1, 0.15) is 28.8 Å². The molecule has 26 heavy (non-hydrogen) atoms. The Morgan fingerprint density at radius 3 is 2.50 bits per heavy atom. The van der Waals surface area contributed by atoms with Crippen molar-refractivity contribution >= 4 is 5.91 Å². The molecular weight excluding hydrogens is 347 g/mol. The van der Waals surface area contributed by atoms with E-state index in [1.807, 2.05) is 0 Å². The zero-order chi connectivity index (χ0) is 18.7. The second kappa shape index (κ2) is 7.37. The molecule has 1 aliphatic rings. The van der Waals surface area contributed by atoms with E-state index in [9.17, 15) is 23.1 Å². The summed E-state index contributed by atoms with van der Waals surface area (Å²) in [6.45, 7) is 1.000. The van der Waals surface area contributed by atoms with Gasteiger partial charge >= 0.3 is 0 Å². The molecule has 1 saturated heterocycles. The standard InChI is InChI=1S/C19H18F3NO3/c20-13-3-1-2-12(8-13)19(4-6-26-7-5-19)11-23-18(25)17-15(22)9-14(21)10-16(17)24/h1-3,8-10,24H,4-7,11H2,(H,23,25). The number of carbonyl (C=O) groups is 1. The summed E-state index contributed by atoms with van der Waals surface area (Å²) in [5.74, 6) is -4.14. The molecule has 1 amide bonds. The van der Waals surface area contributed by atoms with Crippen LogP contribution in [0.4, 0.5) is 13.2 Å². The number of phenols is 1. The monoisotopic (exact) mass is 365 g/mol. The minimum absolute atomic E-state index is 0.106. The van der Waals surface area contributed by atoms with Crippen LogP contribution in [0, 0.1) is 17.5 Å². The van der Waals surface area contributed by atoms with Crippen molar-refractivity contribution in [1.82, 2.24) is 5.32 Å². The Kier molecular flexibility index (Phi) is 5.18. The Morgan fingerprint density at radius 2 is 1.85 bits per heavy atom. The van der Waals surface area contributed by atoms with Gasteiger partial charge in [0, 0.05) is 37.3 Å². The van der Waals surface area contributed by atoms with Gasteiger partial charge in [0.2, 0.25) is 0 Å². The third kappa shape index (κ3) is 3.67. The average molecular weight is 365 g/mol. The van der Waals surface area contributed by atoms with E-state index in [4.69, 9.17) is 4.74 Å². The van der Waals surface area contributed by atoms with E-state index in [0.717, 1.165) is 0 Å². The number of hydrogen-bond donors (Lipinski definition) is 2. The minimum Gasteiger partial charge on any atom is -0.507 e. The molecule has 0 spiro atoms. The fraction of sp³-hybridized carbons (Fsp3) is 0.316. The van der Waals surface area contributed by atoms with E-state index in [-0.39, 0.29) is 12.4 Å². The minimum atomic E-state index is -1.15. The van der Waals surface area contributed by atoms with Crippen molar-refractivity contribution in [2.24, 2.45) is 0 Å². The van der Waals surface area contributed by atoms with E-state index in [0.29, 0.717) is 43.8 Å². The maximum atomic E-state index is 13.9. The number of phenolic OH excluding ortho intramolecular Hbond substituents is 1. The molecule has 3 rings (SSSR count). The van der Waals surface area contributed by atoms with Gasteiger partial charge < -0.3 is 15.2 Å². The predicted octanol–water partition coefficient (Wildman–Crippen LogP) is 3.29. The first-order chi connectivity index (χ1) is 12.4. The number of nitrogens with one attached hydrogen (secondary N) is 1. The Hall–Kier alpha value is -2.54. The molecule has 1 fully saturated rings. The lowest BCUT2D eigenvalue weighted by Gasteiger charge is -2.38. The van der Waals surface area contributed by atoms with E-state index in [1.54, 1.807) is 12.1 Å². The highest BCUT2D eigenvalue weighted by atomic mass is 19.1. The van der Waals surface area contributed by atoms with Gasteiger partial charge in [-0.3, -0.25) is 4.79 Å². The fourth-order valence-electron chi connectivity index (χ4n) is 3.27. The molecule has 4 nitrogen and oxygen atoms in total. The number of aromatic hydroxyl groups is 1. The van der Waals surface area contributed by atoms with Crippen molar-refractivity contribution in [1.29, 1.82) is 0 Å². The molecule has 1 heterocycles. The van der Waals surface area contributed by atoms with Crippen molar-refractivity contribution in [3.05, 3.63) is 65.0 Å². The molecule has 7 heteroatoms. The number of rotatable bonds is 4. The molecule has 2 N–H and O–H groups in total. The summed E-state index contributed by atoms with van der Waals surface area (Å²) in [6, 6.07) is 7.32. The maximum absolute atomic E-state index is 13.9. The number of hydrogen-bond acceptors (Lipinski definition) is 3. The third-order valence-electron chi connectivity index (χ3n) is 4.74. The Labute approximate surface area is 148 Å². The number of carbonyl (C=O) groups excluding carboxylic acids is 1. The van der Waals surface area contributed by atoms with E-state index >= 15 is 0 Å². The number of halogens is 3. The molecule has 138 valence electrons. The molecule has 0 unspecified atom stereocenters. The summed E-state index contributed by atoms with van der Waals surface area (Å²) in [6.07, 6.45) is 1.10. The van der Waals surface area contributed by atoms with Gasteiger partial charge in [-0.2, -0.15) is 0 Å². The van der Waals surface area contributed by atoms with Crippen LogP contribution < -0.4 is 5.32 Å². The molecule has 0 aromatic heterocycles.